The molecule has 0 aliphatic heterocycles. The van der Waals surface area contributed by atoms with Crippen LogP contribution >= 0.6 is 11.6 Å². The smallest absolute Gasteiger partial charge is 0.242 e. The number of halogens is 1. The molecule has 0 saturated heterocycles. The zero-order chi connectivity index (χ0) is 20.9. The zero-order valence-electron chi connectivity index (χ0n) is 15.6. The summed E-state index contributed by atoms with van der Waals surface area (Å²) in [6.07, 6.45) is 2.20. The monoisotopic (exact) mass is 427 g/mol. The Bertz CT molecular complexity index is 1130. The maximum Gasteiger partial charge on any atom is 0.242 e. The molecule has 0 spiro atoms. The van der Waals surface area contributed by atoms with E-state index >= 15 is 0 Å². The van der Waals surface area contributed by atoms with Gasteiger partial charge in [0.2, 0.25) is 10.0 Å². The zero-order valence-corrected chi connectivity index (χ0v) is 17.2. The van der Waals surface area contributed by atoms with Crippen molar-refractivity contribution in [2.45, 2.75) is 11.3 Å². The van der Waals surface area contributed by atoms with Gasteiger partial charge in [-0.15, -0.1) is 0 Å². The molecule has 3 rings (SSSR count). The van der Waals surface area contributed by atoms with Gasteiger partial charge in [0.15, 0.2) is 0 Å². The van der Waals surface area contributed by atoms with E-state index in [2.05, 4.69) is 4.98 Å². The predicted molar refractivity (Wildman–Crippen MR) is 110 cm³/mol. The topological polar surface area (TPSA) is 83.3 Å². The molecule has 0 unspecified atom stereocenters. The Labute approximate surface area is 175 Å². The SMILES string of the molecule is CN(CCc1ccccn1)S(=O)(=O)c1ccc(Oc2cccc(Cl)c2C#N)cc1. The molecule has 0 bridgehead atoms. The highest BCUT2D eigenvalue weighted by atomic mass is 35.5. The number of ether oxygens (including phenoxy) is 1. The van der Waals surface area contributed by atoms with Crippen LogP contribution in [0.4, 0.5) is 0 Å². The molecule has 0 saturated carbocycles. The molecule has 0 amide bonds. The van der Waals surface area contributed by atoms with E-state index in [0.29, 0.717) is 29.5 Å². The Morgan fingerprint density at radius 1 is 1.10 bits per heavy atom. The van der Waals surface area contributed by atoms with Crippen molar-refractivity contribution < 1.29 is 13.2 Å². The van der Waals surface area contributed by atoms with Crippen LogP contribution in [0.15, 0.2) is 71.8 Å². The molecule has 0 fully saturated rings. The van der Waals surface area contributed by atoms with E-state index in [1.807, 2.05) is 24.3 Å². The summed E-state index contributed by atoms with van der Waals surface area (Å²) in [7, 11) is -2.11. The van der Waals surface area contributed by atoms with E-state index in [9.17, 15) is 13.7 Å². The number of benzene rings is 2. The van der Waals surface area contributed by atoms with Gasteiger partial charge in [0.1, 0.15) is 23.1 Å². The van der Waals surface area contributed by atoms with E-state index in [4.69, 9.17) is 16.3 Å². The van der Waals surface area contributed by atoms with E-state index in [1.54, 1.807) is 36.5 Å². The largest absolute Gasteiger partial charge is 0.456 e. The third kappa shape index (κ3) is 4.93. The van der Waals surface area contributed by atoms with Gasteiger partial charge in [-0.05, 0) is 48.5 Å². The highest BCUT2D eigenvalue weighted by molar-refractivity contribution is 7.89. The van der Waals surface area contributed by atoms with Crippen molar-refractivity contribution in [3.8, 4) is 17.6 Å². The molecule has 8 heteroatoms. The molecule has 1 heterocycles. The first kappa shape index (κ1) is 20.8. The summed E-state index contributed by atoms with van der Waals surface area (Å²) in [5.74, 6) is 0.710. The molecule has 0 atom stereocenters. The fourth-order valence-corrected chi connectivity index (χ4v) is 4.00. The van der Waals surface area contributed by atoms with Crippen molar-refractivity contribution in [3.63, 3.8) is 0 Å². The molecule has 29 heavy (non-hydrogen) atoms. The lowest BCUT2D eigenvalue weighted by Gasteiger charge is -2.17. The van der Waals surface area contributed by atoms with Crippen molar-refractivity contribution in [3.05, 3.63) is 83.1 Å². The second kappa shape index (κ2) is 9.05. The van der Waals surface area contributed by atoms with Gasteiger partial charge in [-0.2, -0.15) is 5.26 Å². The molecule has 6 nitrogen and oxygen atoms in total. The van der Waals surface area contributed by atoms with Crippen molar-refractivity contribution in [1.29, 1.82) is 5.26 Å². The Balaban J connectivity index is 1.72. The molecule has 0 N–H and O–H groups in total. The van der Waals surface area contributed by atoms with Crippen LogP contribution in [0.25, 0.3) is 0 Å². The Morgan fingerprint density at radius 2 is 1.86 bits per heavy atom. The first-order chi connectivity index (χ1) is 13.9. The Hall–Kier alpha value is -2.92. The third-order valence-corrected chi connectivity index (χ3v) is 6.44. The van der Waals surface area contributed by atoms with Crippen LogP contribution in [0, 0.1) is 11.3 Å². The first-order valence-corrected chi connectivity index (χ1v) is 10.6. The van der Waals surface area contributed by atoms with Crippen LogP contribution in [0.3, 0.4) is 0 Å². The van der Waals surface area contributed by atoms with Gasteiger partial charge in [0.05, 0.1) is 9.92 Å². The van der Waals surface area contributed by atoms with Crippen LogP contribution in [0.1, 0.15) is 11.3 Å². The summed E-state index contributed by atoms with van der Waals surface area (Å²) in [6.45, 7) is 0.311. The maximum atomic E-state index is 12.8. The van der Waals surface area contributed by atoms with Crippen LogP contribution in [0.5, 0.6) is 11.5 Å². The normalized spacial score (nSPS) is 11.2. The summed E-state index contributed by atoms with van der Waals surface area (Å²) in [5, 5.41) is 9.51. The lowest BCUT2D eigenvalue weighted by atomic mass is 10.2. The lowest BCUT2D eigenvalue weighted by Crippen LogP contribution is -2.29. The maximum absolute atomic E-state index is 12.8. The van der Waals surface area contributed by atoms with E-state index in [1.165, 1.54) is 23.5 Å². The summed E-state index contributed by atoms with van der Waals surface area (Å²) in [6, 6.07) is 18.5. The molecule has 1 aromatic heterocycles. The number of hydrogen-bond donors (Lipinski definition) is 0. The second-order valence-electron chi connectivity index (χ2n) is 6.20. The van der Waals surface area contributed by atoms with Gasteiger partial charge in [-0.25, -0.2) is 12.7 Å². The number of rotatable bonds is 7. The van der Waals surface area contributed by atoms with Gasteiger partial charge in [0, 0.05) is 31.9 Å². The van der Waals surface area contributed by atoms with Crippen molar-refractivity contribution in [2.75, 3.05) is 13.6 Å². The second-order valence-corrected chi connectivity index (χ2v) is 8.65. The van der Waals surface area contributed by atoms with Crippen LogP contribution in [-0.4, -0.2) is 31.3 Å². The average molecular weight is 428 g/mol. The first-order valence-electron chi connectivity index (χ1n) is 8.74. The molecule has 148 valence electrons. The number of hydrogen-bond acceptors (Lipinski definition) is 5. The Morgan fingerprint density at radius 3 is 2.52 bits per heavy atom. The van der Waals surface area contributed by atoms with Gasteiger partial charge in [-0.3, -0.25) is 4.98 Å². The van der Waals surface area contributed by atoms with E-state index in [0.717, 1.165) is 5.69 Å². The number of sulfonamides is 1. The molecule has 0 radical (unpaired) electrons. The van der Waals surface area contributed by atoms with E-state index < -0.39 is 10.0 Å². The predicted octanol–water partition coefficient (Wildman–Crippen LogP) is 4.26. The van der Waals surface area contributed by atoms with Gasteiger partial charge in [0.25, 0.3) is 0 Å². The Kier molecular flexibility index (Phi) is 6.49. The number of nitriles is 1. The lowest BCUT2D eigenvalue weighted by molar-refractivity contribution is 0.469. The fraction of sp³-hybridized carbons (Fsp3) is 0.143. The van der Waals surface area contributed by atoms with Crippen LogP contribution in [0.2, 0.25) is 5.02 Å². The average Bonchev–Trinajstić information content (AvgIpc) is 2.73. The highest BCUT2D eigenvalue weighted by Gasteiger charge is 2.21. The fourth-order valence-electron chi connectivity index (χ4n) is 2.62. The van der Waals surface area contributed by atoms with Crippen LogP contribution < -0.4 is 4.74 Å². The van der Waals surface area contributed by atoms with Crippen molar-refractivity contribution in [1.82, 2.24) is 9.29 Å². The quantitative estimate of drug-likeness (QED) is 0.562. The minimum absolute atomic E-state index is 0.153. The number of pyridine rings is 1. The molecule has 0 aliphatic carbocycles. The highest BCUT2D eigenvalue weighted by Crippen LogP contribution is 2.30. The minimum Gasteiger partial charge on any atom is -0.456 e. The molecule has 3 aromatic rings. The van der Waals surface area contributed by atoms with Gasteiger partial charge >= 0.3 is 0 Å². The molecular formula is C21H18ClN3O3S. The van der Waals surface area contributed by atoms with Crippen molar-refractivity contribution in [2.24, 2.45) is 0 Å². The number of nitrogens with zero attached hydrogens (tertiary/aromatic N) is 3. The summed E-state index contributed by atoms with van der Waals surface area (Å²) >= 11 is 6.00. The molecule has 2 aromatic carbocycles. The van der Waals surface area contributed by atoms with E-state index in [-0.39, 0.29) is 10.5 Å². The summed E-state index contributed by atoms with van der Waals surface area (Å²) < 4.78 is 32.5. The van der Waals surface area contributed by atoms with Crippen LogP contribution in [-0.2, 0) is 16.4 Å². The summed E-state index contributed by atoms with van der Waals surface area (Å²) in [4.78, 5) is 4.36. The molecule has 0 aliphatic rings. The number of aromatic nitrogens is 1. The van der Waals surface area contributed by atoms with Crippen molar-refractivity contribution >= 4 is 21.6 Å². The van der Waals surface area contributed by atoms with Gasteiger partial charge < -0.3 is 4.74 Å². The molecular weight excluding hydrogens is 410 g/mol. The summed E-state index contributed by atoms with van der Waals surface area (Å²) in [5.41, 5.74) is 1.05. The number of likely N-dealkylation sites (N-methyl/N-ethyl adjacent to an activating group) is 1. The standard InChI is InChI=1S/C21H18ClN3O3S/c1-25(14-12-16-5-2-3-13-24-16)29(26,27)18-10-8-17(9-11-18)28-21-7-4-6-20(22)19(21)15-23/h2-11,13H,12,14H2,1H3. The van der Waals surface area contributed by atoms with Gasteiger partial charge in [-0.1, -0.05) is 23.7 Å². The minimum atomic E-state index is -3.64. The third-order valence-electron chi connectivity index (χ3n) is 4.26.